The second-order valence-electron chi connectivity index (χ2n) is 6.19. The molecule has 0 saturated heterocycles. The number of benzene rings is 1. The summed E-state index contributed by atoms with van der Waals surface area (Å²) in [5.41, 5.74) is 1.11. The topological polar surface area (TPSA) is 20.3 Å². The quantitative estimate of drug-likeness (QED) is 0.631. The molecular weight excluding hydrogens is 370 g/mol. The molecule has 1 heterocycles. The zero-order valence-electron chi connectivity index (χ0n) is 12.6. The van der Waals surface area contributed by atoms with E-state index >= 15 is 0 Å². The molecule has 2 atom stereocenters. The summed E-state index contributed by atoms with van der Waals surface area (Å²) in [6.07, 6.45) is 6.21. The highest BCUT2D eigenvalue weighted by molar-refractivity contribution is 9.10. The van der Waals surface area contributed by atoms with E-state index in [0.717, 1.165) is 22.9 Å². The molecule has 0 bridgehead atoms. The van der Waals surface area contributed by atoms with E-state index < -0.39 is 11.0 Å². The number of nitrogens with zero attached hydrogens (tertiary/aromatic N) is 1. The number of hydrogen-bond acceptors (Lipinski definition) is 1. The molecule has 0 saturated carbocycles. The smallest absolute Gasteiger partial charge is 0.101 e. The van der Waals surface area contributed by atoms with Gasteiger partial charge in [0.2, 0.25) is 0 Å². The lowest BCUT2D eigenvalue weighted by Gasteiger charge is -2.34. The first-order valence-electron chi connectivity index (χ1n) is 7.09. The summed E-state index contributed by atoms with van der Waals surface area (Å²) in [6.45, 7) is 6.75. The number of hydrogen-bond donors (Lipinski definition) is 0. The molecule has 2 nitrogen and oxygen atoms in total. The minimum absolute atomic E-state index is 0.105. The van der Waals surface area contributed by atoms with Crippen LogP contribution in [0, 0.1) is 0 Å². The predicted octanol–water partition coefficient (Wildman–Crippen LogP) is 5.26. The molecule has 1 aliphatic heterocycles. The lowest BCUT2D eigenvalue weighted by molar-refractivity contribution is 0.353. The average Bonchev–Trinajstić information content (AvgIpc) is 2.65. The van der Waals surface area contributed by atoms with Gasteiger partial charge in [-0.2, -0.15) is 0 Å². The highest BCUT2D eigenvalue weighted by atomic mass is 79.9. The van der Waals surface area contributed by atoms with E-state index in [2.05, 4.69) is 32.4 Å². The van der Waals surface area contributed by atoms with Crippen LogP contribution < -0.4 is 0 Å². The van der Waals surface area contributed by atoms with Crippen LogP contribution in [0.25, 0.3) is 0 Å². The van der Waals surface area contributed by atoms with Crippen molar-refractivity contribution in [2.45, 2.75) is 44.4 Å². The molecule has 0 fully saturated rings. The Hall–Kier alpha value is -0.160. The Balaban J connectivity index is 2.42. The van der Waals surface area contributed by atoms with Crippen LogP contribution in [0.5, 0.6) is 0 Å². The van der Waals surface area contributed by atoms with Gasteiger partial charge in [-0.1, -0.05) is 39.7 Å². The zero-order valence-corrected chi connectivity index (χ0v) is 15.8. The standard InChI is InChI=1S/C16H21BrClNOS/c1-16(2,3)21(20)19-10-6-4-5-7-15(19)13-11-12(18)8-9-14(13)17/h4,6,8-9,11,15H,5,7,10H2,1-3H3/t15-,21+/m1/s1. The number of halogens is 2. The normalized spacial score (nSPS) is 22.0. The van der Waals surface area contributed by atoms with Gasteiger partial charge in [-0.3, -0.25) is 0 Å². The van der Waals surface area contributed by atoms with Crippen LogP contribution in [-0.4, -0.2) is 19.8 Å². The Bertz CT molecular complexity index is 568. The van der Waals surface area contributed by atoms with E-state index in [0.29, 0.717) is 11.6 Å². The van der Waals surface area contributed by atoms with Crippen molar-refractivity contribution >= 4 is 38.5 Å². The monoisotopic (exact) mass is 389 g/mol. The molecule has 2 rings (SSSR count). The average molecular weight is 391 g/mol. The molecule has 1 aromatic rings. The van der Waals surface area contributed by atoms with Crippen LogP contribution >= 0.6 is 27.5 Å². The fourth-order valence-electron chi connectivity index (χ4n) is 2.44. The summed E-state index contributed by atoms with van der Waals surface area (Å²) >= 11 is 9.78. The van der Waals surface area contributed by atoms with E-state index in [-0.39, 0.29) is 10.8 Å². The molecule has 0 unspecified atom stereocenters. The van der Waals surface area contributed by atoms with Crippen LogP contribution in [0.3, 0.4) is 0 Å². The lowest BCUT2D eigenvalue weighted by atomic mass is 10.0. The van der Waals surface area contributed by atoms with E-state index in [9.17, 15) is 4.21 Å². The highest BCUT2D eigenvalue weighted by Gasteiger charge is 2.33. The Kier molecular flexibility index (Phi) is 5.69. The van der Waals surface area contributed by atoms with Gasteiger partial charge in [0.15, 0.2) is 0 Å². The van der Waals surface area contributed by atoms with Crippen molar-refractivity contribution in [2.75, 3.05) is 6.54 Å². The van der Waals surface area contributed by atoms with Gasteiger partial charge in [-0.25, -0.2) is 8.51 Å². The third-order valence-electron chi connectivity index (χ3n) is 3.46. The van der Waals surface area contributed by atoms with Gasteiger partial charge in [-0.05, 0) is 57.4 Å². The van der Waals surface area contributed by atoms with E-state index in [1.165, 1.54) is 0 Å². The summed E-state index contributed by atoms with van der Waals surface area (Å²) < 4.78 is 15.7. The minimum Gasteiger partial charge on any atom is -0.242 e. The van der Waals surface area contributed by atoms with Crippen molar-refractivity contribution in [2.24, 2.45) is 0 Å². The molecule has 0 aliphatic carbocycles. The Morgan fingerprint density at radius 3 is 2.71 bits per heavy atom. The third kappa shape index (κ3) is 4.19. The van der Waals surface area contributed by atoms with Gasteiger partial charge in [-0.15, -0.1) is 0 Å². The molecular formula is C16H21BrClNOS. The number of rotatable bonds is 2. The maximum atomic E-state index is 12.9. The van der Waals surface area contributed by atoms with Gasteiger partial charge in [0.05, 0.1) is 4.75 Å². The van der Waals surface area contributed by atoms with Crippen LogP contribution in [0.15, 0.2) is 34.8 Å². The fraction of sp³-hybridized carbons (Fsp3) is 0.500. The lowest BCUT2D eigenvalue weighted by Crippen LogP contribution is -2.39. The minimum atomic E-state index is -1.06. The maximum absolute atomic E-state index is 12.9. The summed E-state index contributed by atoms with van der Waals surface area (Å²) in [7, 11) is -1.06. The van der Waals surface area contributed by atoms with Gasteiger partial charge in [0, 0.05) is 22.1 Å². The van der Waals surface area contributed by atoms with Crippen LogP contribution in [-0.2, 0) is 11.0 Å². The summed E-state index contributed by atoms with van der Waals surface area (Å²) in [5.74, 6) is 0. The molecule has 5 heteroatoms. The predicted molar refractivity (Wildman–Crippen MR) is 94.9 cm³/mol. The first-order valence-corrected chi connectivity index (χ1v) is 9.37. The van der Waals surface area contributed by atoms with Crippen molar-refractivity contribution in [3.63, 3.8) is 0 Å². The highest BCUT2D eigenvalue weighted by Crippen LogP contribution is 2.37. The number of allylic oxidation sites excluding steroid dienone is 1. The summed E-state index contributed by atoms with van der Waals surface area (Å²) in [6, 6.07) is 5.92. The van der Waals surface area contributed by atoms with Crippen molar-refractivity contribution in [3.8, 4) is 0 Å². The maximum Gasteiger partial charge on any atom is 0.101 e. The second kappa shape index (κ2) is 6.95. The molecule has 0 spiro atoms. The van der Waals surface area contributed by atoms with Gasteiger partial charge >= 0.3 is 0 Å². The van der Waals surface area contributed by atoms with Crippen molar-refractivity contribution < 1.29 is 4.21 Å². The largest absolute Gasteiger partial charge is 0.242 e. The van der Waals surface area contributed by atoms with Crippen LogP contribution in [0.4, 0.5) is 0 Å². The molecule has 0 radical (unpaired) electrons. The molecule has 1 aromatic carbocycles. The fourth-order valence-corrected chi connectivity index (χ4v) is 4.50. The van der Waals surface area contributed by atoms with Crippen molar-refractivity contribution in [3.05, 3.63) is 45.4 Å². The van der Waals surface area contributed by atoms with E-state index in [1.54, 1.807) is 0 Å². The molecule has 21 heavy (non-hydrogen) atoms. The molecule has 1 aliphatic rings. The Labute approximate surface area is 143 Å². The van der Waals surface area contributed by atoms with Crippen molar-refractivity contribution in [1.82, 2.24) is 4.31 Å². The van der Waals surface area contributed by atoms with E-state index in [1.807, 2.05) is 39.0 Å². The van der Waals surface area contributed by atoms with Crippen molar-refractivity contribution in [1.29, 1.82) is 0 Å². The summed E-state index contributed by atoms with van der Waals surface area (Å²) in [5, 5.41) is 0.715. The first kappa shape index (κ1) is 17.2. The molecule has 0 N–H and O–H groups in total. The van der Waals surface area contributed by atoms with E-state index in [4.69, 9.17) is 11.6 Å². The Morgan fingerprint density at radius 2 is 2.05 bits per heavy atom. The molecule has 0 amide bonds. The zero-order chi connectivity index (χ0) is 15.6. The second-order valence-corrected chi connectivity index (χ2v) is 9.67. The van der Waals surface area contributed by atoms with Crippen LogP contribution in [0.1, 0.15) is 45.2 Å². The SMILES string of the molecule is CC(C)(C)[S@](=O)N1CC=CCC[C@@H]1c1cc(Cl)ccc1Br. The summed E-state index contributed by atoms with van der Waals surface area (Å²) in [4.78, 5) is 0. The Morgan fingerprint density at radius 1 is 1.33 bits per heavy atom. The molecule has 0 aromatic heterocycles. The van der Waals surface area contributed by atoms with Gasteiger partial charge in [0.1, 0.15) is 11.0 Å². The molecule has 116 valence electrons. The van der Waals surface area contributed by atoms with Gasteiger partial charge in [0.25, 0.3) is 0 Å². The van der Waals surface area contributed by atoms with Crippen LogP contribution in [0.2, 0.25) is 5.02 Å². The third-order valence-corrected chi connectivity index (χ3v) is 6.29. The first-order chi connectivity index (χ1) is 9.80. The van der Waals surface area contributed by atoms with Gasteiger partial charge < -0.3 is 0 Å².